The summed E-state index contributed by atoms with van der Waals surface area (Å²) in [6.45, 7) is 3.84. The number of aryl methyl sites for hydroxylation is 2. The van der Waals surface area contributed by atoms with E-state index in [0.717, 1.165) is 56.0 Å². The van der Waals surface area contributed by atoms with Gasteiger partial charge < -0.3 is 13.8 Å². The number of carbonyl (C=O) groups is 1. The van der Waals surface area contributed by atoms with E-state index in [1.54, 1.807) is 12.1 Å². The molecular weight excluding hydrogens is 488 g/mol. The van der Waals surface area contributed by atoms with Gasteiger partial charge in [0.15, 0.2) is 0 Å². The van der Waals surface area contributed by atoms with Crippen LogP contribution in [0, 0.1) is 13.8 Å². The van der Waals surface area contributed by atoms with Crippen molar-refractivity contribution < 1.29 is 14.1 Å². The number of nitrogens with zero attached hydrogens (tertiary/aromatic N) is 4. The molecule has 2 aromatic carbocycles. The minimum atomic E-state index is -0.370. The second kappa shape index (κ2) is 10.0. The minimum absolute atomic E-state index is 0.195. The van der Waals surface area contributed by atoms with Crippen LogP contribution in [0.2, 0.25) is 0 Å². The molecule has 6 rings (SSSR count). The number of hydrogen-bond donors (Lipinski definition) is 0. The summed E-state index contributed by atoms with van der Waals surface area (Å²) in [7, 11) is 1.38. The summed E-state index contributed by atoms with van der Waals surface area (Å²) in [5, 5.41) is 4.15. The summed E-state index contributed by atoms with van der Waals surface area (Å²) in [6, 6.07) is 25.6. The first-order chi connectivity index (χ1) is 19.0. The molecule has 39 heavy (non-hydrogen) atoms. The summed E-state index contributed by atoms with van der Waals surface area (Å²) < 4.78 is 12.6. The Kier molecular flexibility index (Phi) is 6.25. The van der Waals surface area contributed by atoms with Crippen LogP contribution in [0.15, 0.2) is 102 Å². The molecule has 0 aliphatic carbocycles. The summed E-state index contributed by atoms with van der Waals surface area (Å²) in [5.41, 5.74) is 8.87. The van der Waals surface area contributed by atoms with E-state index in [9.17, 15) is 4.79 Å². The minimum Gasteiger partial charge on any atom is -0.465 e. The van der Waals surface area contributed by atoms with Gasteiger partial charge in [0.1, 0.15) is 11.8 Å². The van der Waals surface area contributed by atoms with Crippen molar-refractivity contribution in [1.29, 1.82) is 0 Å². The monoisotopic (exact) mass is 514 g/mol. The van der Waals surface area contributed by atoms with E-state index in [4.69, 9.17) is 19.2 Å². The van der Waals surface area contributed by atoms with Gasteiger partial charge in [0.25, 0.3) is 0 Å². The molecule has 7 heteroatoms. The van der Waals surface area contributed by atoms with Gasteiger partial charge in [-0.1, -0.05) is 53.7 Å². The number of rotatable bonds is 6. The number of carbonyl (C=O) groups excluding carboxylic acids is 1. The molecule has 1 atom stereocenters. The fourth-order valence-electron chi connectivity index (χ4n) is 5.13. The Morgan fingerprint density at radius 1 is 0.923 bits per heavy atom. The van der Waals surface area contributed by atoms with Crippen molar-refractivity contribution in [2.75, 3.05) is 7.11 Å². The van der Waals surface area contributed by atoms with Gasteiger partial charge in [-0.3, -0.25) is 9.97 Å². The molecule has 0 amide bonds. The van der Waals surface area contributed by atoms with E-state index in [1.807, 2.05) is 74.8 Å². The normalized spacial score (nSPS) is 12.0. The molecule has 0 aliphatic rings. The molecule has 0 aliphatic heterocycles. The van der Waals surface area contributed by atoms with Crippen molar-refractivity contribution in [1.82, 2.24) is 19.7 Å². The highest BCUT2D eigenvalue weighted by molar-refractivity contribution is 5.96. The molecule has 6 aromatic rings. The van der Waals surface area contributed by atoms with Crippen molar-refractivity contribution >= 4 is 17.0 Å². The Morgan fingerprint density at radius 3 is 2.36 bits per heavy atom. The first-order valence-electron chi connectivity index (χ1n) is 12.6. The standard InChI is InChI=1S/C32H26N4O3/c1-20-29(21(2)39-35-20)25-17-28-30(34-18-25)26(22-12-14-24(15-13-22)32(37)38-3)19-36(28)31(23-9-5-4-6-10-23)27-11-7-8-16-33-27/h4-19,31H,1-3H3. The van der Waals surface area contributed by atoms with Crippen LogP contribution in [-0.4, -0.2) is 32.8 Å². The van der Waals surface area contributed by atoms with Gasteiger partial charge in [0.2, 0.25) is 0 Å². The highest BCUT2D eigenvalue weighted by Gasteiger charge is 2.24. The topological polar surface area (TPSA) is 83.0 Å². The molecule has 0 spiro atoms. The van der Waals surface area contributed by atoms with Gasteiger partial charge in [-0.2, -0.15) is 0 Å². The summed E-state index contributed by atoms with van der Waals surface area (Å²) >= 11 is 0. The quantitative estimate of drug-likeness (QED) is 0.228. The number of pyridine rings is 2. The van der Waals surface area contributed by atoms with Crippen LogP contribution >= 0.6 is 0 Å². The summed E-state index contributed by atoms with van der Waals surface area (Å²) in [5.74, 6) is 0.375. The van der Waals surface area contributed by atoms with Gasteiger partial charge in [0.05, 0.1) is 35.1 Å². The third-order valence-electron chi connectivity index (χ3n) is 6.97. The molecule has 0 fully saturated rings. The number of methoxy groups -OCH3 is 1. The van der Waals surface area contributed by atoms with E-state index in [1.165, 1.54) is 7.11 Å². The average Bonchev–Trinajstić information content (AvgIpc) is 3.52. The molecule has 0 N–H and O–H groups in total. The number of fused-ring (bicyclic) bond motifs is 1. The number of benzene rings is 2. The average molecular weight is 515 g/mol. The zero-order chi connectivity index (χ0) is 26.9. The molecule has 0 saturated carbocycles. The van der Waals surface area contributed by atoms with Gasteiger partial charge >= 0.3 is 5.97 Å². The van der Waals surface area contributed by atoms with E-state index in [-0.39, 0.29) is 12.0 Å². The lowest BCUT2D eigenvalue weighted by Gasteiger charge is -2.20. The van der Waals surface area contributed by atoms with Crippen molar-refractivity contribution in [3.63, 3.8) is 0 Å². The summed E-state index contributed by atoms with van der Waals surface area (Å²) in [6.07, 6.45) is 5.80. The van der Waals surface area contributed by atoms with Crippen LogP contribution < -0.4 is 0 Å². The molecule has 4 heterocycles. The van der Waals surface area contributed by atoms with Gasteiger partial charge in [-0.25, -0.2) is 4.79 Å². The molecule has 4 aromatic heterocycles. The highest BCUT2D eigenvalue weighted by atomic mass is 16.5. The first-order valence-corrected chi connectivity index (χ1v) is 12.6. The Bertz CT molecular complexity index is 1710. The lowest BCUT2D eigenvalue weighted by molar-refractivity contribution is 0.0600. The Morgan fingerprint density at radius 2 is 1.69 bits per heavy atom. The predicted octanol–water partition coefficient (Wildman–Crippen LogP) is 6.79. The zero-order valence-electron chi connectivity index (χ0n) is 21.8. The lowest BCUT2D eigenvalue weighted by atomic mass is 10.0. The fourth-order valence-corrected chi connectivity index (χ4v) is 5.13. The SMILES string of the molecule is COC(=O)c1ccc(-c2cn(C(c3ccccc3)c3ccccn3)c3cc(-c4c(C)noc4C)cnc23)cc1. The third kappa shape index (κ3) is 4.38. The van der Waals surface area contributed by atoms with Crippen molar-refractivity contribution in [2.24, 2.45) is 0 Å². The second-order valence-corrected chi connectivity index (χ2v) is 9.38. The molecule has 0 saturated heterocycles. The molecule has 0 radical (unpaired) electrons. The largest absolute Gasteiger partial charge is 0.465 e. The Hall–Kier alpha value is -5.04. The van der Waals surface area contributed by atoms with Crippen molar-refractivity contribution in [3.05, 3.63) is 126 Å². The molecule has 0 bridgehead atoms. The van der Waals surface area contributed by atoms with Crippen LogP contribution in [0.25, 0.3) is 33.3 Å². The zero-order valence-corrected chi connectivity index (χ0v) is 21.8. The van der Waals surface area contributed by atoms with Gasteiger partial charge in [0, 0.05) is 35.3 Å². The van der Waals surface area contributed by atoms with E-state index in [2.05, 4.69) is 34.1 Å². The third-order valence-corrected chi connectivity index (χ3v) is 6.97. The van der Waals surface area contributed by atoms with Crippen molar-refractivity contribution in [3.8, 4) is 22.3 Å². The first kappa shape index (κ1) is 24.3. The predicted molar refractivity (Wildman–Crippen MR) is 149 cm³/mol. The maximum atomic E-state index is 12.0. The molecule has 7 nitrogen and oxygen atoms in total. The number of esters is 1. The van der Waals surface area contributed by atoms with Crippen LogP contribution in [0.1, 0.15) is 39.1 Å². The second-order valence-electron chi connectivity index (χ2n) is 9.38. The number of ether oxygens (including phenoxy) is 1. The van der Waals surface area contributed by atoms with E-state index < -0.39 is 0 Å². The molecular formula is C32H26N4O3. The number of aromatic nitrogens is 4. The van der Waals surface area contributed by atoms with Crippen molar-refractivity contribution in [2.45, 2.75) is 19.9 Å². The molecule has 1 unspecified atom stereocenters. The fraction of sp³-hybridized carbons (Fsp3) is 0.125. The van der Waals surface area contributed by atoms with Crippen LogP contribution in [0.5, 0.6) is 0 Å². The molecule has 192 valence electrons. The van der Waals surface area contributed by atoms with Crippen LogP contribution in [-0.2, 0) is 4.74 Å². The smallest absolute Gasteiger partial charge is 0.337 e. The van der Waals surface area contributed by atoms with Gasteiger partial charge in [-0.05, 0) is 55.3 Å². The van der Waals surface area contributed by atoms with Crippen LogP contribution in [0.4, 0.5) is 0 Å². The lowest BCUT2D eigenvalue weighted by Crippen LogP contribution is -2.13. The van der Waals surface area contributed by atoms with Crippen LogP contribution in [0.3, 0.4) is 0 Å². The highest BCUT2D eigenvalue weighted by Crippen LogP contribution is 2.38. The maximum absolute atomic E-state index is 12.0. The van der Waals surface area contributed by atoms with E-state index >= 15 is 0 Å². The van der Waals surface area contributed by atoms with E-state index in [0.29, 0.717) is 5.56 Å². The summed E-state index contributed by atoms with van der Waals surface area (Å²) in [4.78, 5) is 21.7. The Balaban J connectivity index is 1.61. The number of hydrogen-bond acceptors (Lipinski definition) is 6. The Labute approximate surface area is 225 Å². The van der Waals surface area contributed by atoms with Gasteiger partial charge in [-0.15, -0.1) is 0 Å². The maximum Gasteiger partial charge on any atom is 0.337 e.